The molecule has 0 aliphatic carbocycles. The van der Waals surface area contributed by atoms with Gasteiger partial charge < -0.3 is 5.32 Å². The molecule has 0 radical (unpaired) electrons. The summed E-state index contributed by atoms with van der Waals surface area (Å²) in [6, 6.07) is 9.34. The largest absolute Gasteiger partial charge is 0.314 e. The van der Waals surface area contributed by atoms with Crippen molar-refractivity contribution in [3.05, 3.63) is 34.3 Å². The van der Waals surface area contributed by atoms with Gasteiger partial charge in [-0.25, -0.2) is 0 Å². The average Bonchev–Trinajstić information content (AvgIpc) is 2.36. The molecule has 1 aromatic carbocycles. The van der Waals surface area contributed by atoms with E-state index in [9.17, 15) is 0 Å². The molecule has 2 heteroatoms. The average molecular weight is 354 g/mol. The van der Waals surface area contributed by atoms with Crippen molar-refractivity contribution >= 4 is 15.9 Å². The fourth-order valence-electron chi connectivity index (χ4n) is 3.11. The van der Waals surface area contributed by atoms with E-state index in [4.69, 9.17) is 0 Å². The standard InChI is InChI=1S/C19H32BrN/c1-6-11-21-18(12-15(2)14-19(3,4)5)13-16-7-9-17(20)10-8-16/h7-10,15,18,21H,6,11-14H2,1-5H3. The van der Waals surface area contributed by atoms with Crippen LogP contribution in [0.15, 0.2) is 28.7 Å². The second kappa shape index (κ2) is 8.95. The first-order valence-corrected chi connectivity index (χ1v) is 9.07. The van der Waals surface area contributed by atoms with Gasteiger partial charge >= 0.3 is 0 Å². The zero-order valence-electron chi connectivity index (χ0n) is 14.4. The molecular weight excluding hydrogens is 322 g/mol. The minimum Gasteiger partial charge on any atom is -0.314 e. The number of benzene rings is 1. The minimum absolute atomic E-state index is 0.423. The van der Waals surface area contributed by atoms with Gasteiger partial charge in [0.05, 0.1) is 0 Å². The maximum atomic E-state index is 3.74. The van der Waals surface area contributed by atoms with Crippen molar-refractivity contribution in [3.8, 4) is 0 Å². The Hall–Kier alpha value is -0.340. The SMILES string of the molecule is CCCNC(Cc1ccc(Br)cc1)CC(C)CC(C)(C)C. The third-order valence-electron chi connectivity index (χ3n) is 3.73. The lowest BCUT2D eigenvalue weighted by atomic mass is 9.82. The van der Waals surface area contributed by atoms with Crippen LogP contribution in [-0.4, -0.2) is 12.6 Å². The zero-order chi connectivity index (χ0) is 15.9. The van der Waals surface area contributed by atoms with Gasteiger partial charge in [-0.3, -0.25) is 0 Å². The number of nitrogens with one attached hydrogen (secondary N) is 1. The van der Waals surface area contributed by atoms with E-state index in [0.717, 1.165) is 23.4 Å². The van der Waals surface area contributed by atoms with Crippen LogP contribution in [0.1, 0.15) is 59.4 Å². The highest BCUT2D eigenvalue weighted by Gasteiger charge is 2.19. The molecule has 0 amide bonds. The van der Waals surface area contributed by atoms with Gasteiger partial charge in [-0.1, -0.05) is 62.7 Å². The highest BCUT2D eigenvalue weighted by molar-refractivity contribution is 9.10. The van der Waals surface area contributed by atoms with E-state index in [1.165, 1.54) is 24.8 Å². The highest BCUT2D eigenvalue weighted by Crippen LogP contribution is 2.27. The summed E-state index contributed by atoms with van der Waals surface area (Å²) in [6.07, 6.45) is 4.87. The molecule has 0 aliphatic rings. The second-order valence-electron chi connectivity index (χ2n) is 7.59. The van der Waals surface area contributed by atoms with Crippen molar-refractivity contribution in [2.24, 2.45) is 11.3 Å². The molecule has 0 fully saturated rings. The summed E-state index contributed by atoms with van der Waals surface area (Å²) in [4.78, 5) is 0. The minimum atomic E-state index is 0.423. The summed E-state index contributed by atoms with van der Waals surface area (Å²) in [6.45, 7) is 12.8. The first-order chi connectivity index (χ1) is 9.80. The Morgan fingerprint density at radius 1 is 1.14 bits per heavy atom. The molecule has 0 spiro atoms. The first kappa shape index (κ1) is 18.7. The summed E-state index contributed by atoms with van der Waals surface area (Å²) in [5.74, 6) is 0.759. The van der Waals surface area contributed by atoms with Crippen LogP contribution >= 0.6 is 15.9 Å². The Labute approximate surface area is 140 Å². The third kappa shape index (κ3) is 8.63. The molecule has 21 heavy (non-hydrogen) atoms. The topological polar surface area (TPSA) is 12.0 Å². The zero-order valence-corrected chi connectivity index (χ0v) is 16.0. The van der Waals surface area contributed by atoms with Crippen LogP contribution < -0.4 is 5.32 Å². The number of hydrogen-bond acceptors (Lipinski definition) is 1. The van der Waals surface area contributed by atoms with Crippen molar-refractivity contribution in [1.82, 2.24) is 5.32 Å². The molecule has 0 bridgehead atoms. The molecule has 0 saturated heterocycles. The smallest absolute Gasteiger partial charge is 0.0175 e. The number of hydrogen-bond donors (Lipinski definition) is 1. The van der Waals surface area contributed by atoms with E-state index in [0.29, 0.717) is 11.5 Å². The third-order valence-corrected chi connectivity index (χ3v) is 4.25. The Bertz CT molecular complexity index is 391. The lowest BCUT2D eigenvalue weighted by Crippen LogP contribution is -2.34. The Morgan fingerprint density at radius 3 is 2.29 bits per heavy atom. The summed E-state index contributed by atoms with van der Waals surface area (Å²) in [7, 11) is 0. The molecule has 1 rings (SSSR count). The highest BCUT2D eigenvalue weighted by atomic mass is 79.9. The van der Waals surface area contributed by atoms with Crippen LogP contribution in [0, 0.1) is 11.3 Å². The Kier molecular flexibility index (Phi) is 7.97. The summed E-state index contributed by atoms with van der Waals surface area (Å²) < 4.78 is 1.16. The van der Waals surface area contributed by atoms with Crippen LogP contribution in [-0.2, 0) is 6.42 Å². The normalized spacial score (nSPS) is 15.0. The Balaban J connectivity index is 2.60. The Morgan fingerprint density at radius 2 is 1.76 bits per heavy atom. The molecule has 1 N–H and O–H groups in total. The summed E-state index contributed by atoms with van der Waals surface area (Å²) in [5.41, 5.74) is 1.85. The molecule has 0 aromatic heterocycles. The molecule has 0 saturated carbocycles. The maximum absolute atomic E-state index is 3.74. The molecule has 2 atom stereocenters. The maximum Gasteiger partial charge on any atom is 0.0175 e. The predicted octanol–water partition coefficient (Wildman–Crippen LogP) is 5.82. The molecule has 1 aromatic rings. The van der Waals surface area contributed by atoms with Gasteiger partial charge in [0.1, 0.15) is 0 Å². The lowest BCUT2D eigenvalue weighted by molar-refractivity contribution is 0.274. The van der Waals surface area contributed by atoms with Gasteiger partial charge in [0.25, 0.3) is 0 Å². The quantitative estimate of drug-likeness (QED) is 0.620. The van der Waals surface area contributed by atoms with Gasteiger partial charge in [0, 0.05) is 10.5 Å². The lowest BCUT2D eigenvalue weighted by Gasteiger charge is -2.27. The van der Waals surface area contributed by atoms with E-state index in [1.54, 1.807) is 0 Å². The van der Waals surface area contributed by atoms with Crippen molar-refractivity contribution in [3.63, 3.8) is 0 Å². The van der Waals surface area contributed by atoms with Gasteiger partial charge in [-0.05, 0) is 61.3 Å². The number of halogens is 1. The number of rotatable bonds is 8. The fourth-order valence-corrected chi connectivity index (χ4v) is 3.37. The molecule has 120 valence electrons. The van der Waals surface area contributed by atoms with Crippen molar-refractivity contribution in [2.75, 3.05) is 6.54 Å². The van der Waals surface area contributed by atoms with Gasteiger partial charge in [0.2, 0.25) is 0 Å². The molecule has 0 heterocycles. The monoisotopic (exact) mass is 353 g/mol. The van der Waals surface area contributed by atoms with Crippen LogP contribution in [0.5, 0.6) is 0 Å². The van der Waals surface area contributed by atoms with Gasteiger partial charge in [0.15, 0.2) is 0 Å². The fraction of sp³-hybridized carbons (Fsp3) is 0.684. The molecule has 1 nitrogen and oxygen atoms in total. The van der Waals surface area contributed by atoms with E-state index in [-0.39, 0.29) is 0 Å². The van der Waals surface area contributed by atoms with Crippen molar-refractivity contribution < 1.29 is 0 Å². The molecule has 0 aliphatic heterocycles. The van der Waals surface area contributed by atoms with E-state index < -0.39 is 0 Å². The second-order valence-corrected chi connectivity index (χ2v) is 8.50. The van der Waals surface area contributed by atoms with Crippen molar-refractivity contribution in [1.29, 1.82) is 0 Å². The van der Waals surface area contributed by atoms with Crippen LogP contribution in [0.2, 0.25) is 0 Å². The van der Waals surface area contributed by atoms with Crippen LogP contribution in [0.4, 0.5) is 0 Å². The van der Waals surface area contributed by atoms with E-state index in [1.807, 2.05) is 0 Å². The van der Waals surface area contributed by atoms with Crippen LogP contribution in [0.3, 0.4) is 0 Å². The van der Waals surface area contributed by atoms with E-state index in [2.05, 4.69) is 80.1 Å². The first-order valence-electron chi connectivity index (χ1n) is 8.28. The summed E-state index contributed by atoms with van der Waals surface area (Å²) >= 11 is 3.51. The van der Waals surface area contributed by atoms with Crippen molar-refractivity contribution in [2.45, 2.75) is 66.3 Å². The summed E-state index contributed by atoms with van der Waals surface area (Å²) in [5, 5.41) is 3.74. The van der Waals surface area contributed by atoms with Gasteiger partial charge in [-0.2, -0.15) is 0 Å². The predicted molar refractivity (Wildman–Crippen MR) is 97.8 cm³/mol. The molecule has 2 unspecified atom stereocenters. The van der Waals surface area contributed by atoms with Gasteiger partial charge in [-0.15, -0.1) is 0 Å². The van der Waals surface area contributed by atoms with Crippen LogP contribution in [0.25, 0.3) is 0 Å². The molecular formula is C19H32BrN. The van der Waals surface area contributed by atoms with E-state index >= 15 is 0 Å².